The monoisotopic (exact) mass is 352 g/mol. The summed E-state index contributed by atoms with van der Waals surface area (Å²) in [6.07, 6.45) is 6.43. The van der Waals surface area contributed by atoms with Gasteiger partial charge in [0.2, 0.25) is 0 Å². The van der Waals surface area contributed by atoms with Gasteiger partial charge in [0.05, 0.1) is 25.3 Å². The summed E-state index contributed by atoms with van der Waals surface area (Å²) in [5, 5.41) is 2.32. The third kappa shape index (κ3) is 3.19. The number of fused-ring (bicyclic) bond motifs is 3. The fraction of sp³-hybridized carbons (Fsp3) is 0.429. The maximum absolute atomic E-state index is 12.7. The van der Waals surface area contributed by atoms with Gasteiger partial charge in [-0.1, -0.05) is 30.3 Å². The van der Waals surface area contributed by atoms with Gasteiger partial charge in [0.15, 0.2) is 0 Å². The predicted octanol–water partition coefficient (Wildman–Crippen LogP) is 4.03. The second-order valence-electron chi connectivity index (χ2n) is 7.95. The van der Waals surface area contributed by atoms with Gasteiger partial charge in [0, 0.05) is 23.3 Å². The molecule has 0 spiro atoms. The number of ether oxygens (including phenoxy) is 2. The number of aromatic nitrogens is 1. The van der Waals surface area contributed by atoms with Crippen molar-refractivity contribution in [1.29, 1.82) is 0 Å². The average Bonchev–Trinajstić information content (AvgIpc) is 2.58. The van der Waals surface area contributed by atoms with E-state index in [2.05, 4.69) is 23.2 Å². The number of amides is 1. The Morgan fingerprint density at radius 2 is 2.04 bits per heavy atom. The Kier molecular flexibility index (Phi) is 4.19. The van der Waals surface area contributed by atoms with E-state index in [1.54, 1.807) is 0 Å². The van der Waals surface area contributed by atoms with E-state index in [9.17, 15) is 4.79 Å². The van der Waals surface area contributed by atoms with Gasteiger partial charge < -0.3 is 9.47 Å². The average molecular weight is 352 g/mol. The van der Waals surface area contributed by atoms with E-state index in [-0.39, 0.29) is 18.2 Å². The van der Waals surface area contributed by atoms with Crippen molar-refractivity contribution in [2.45, 2.75) is 44.9 Å². The van der Waals surface area contributed by atoms with Crippen LogP contribution in [0.4, 0.5) is 4.79 Å². The largest absolute Gasteiger partial charge is 0.444 e. The highest BCUT2D eigenvalue weighted by atomic mass is 16.6. The molecule has 3 heterocycles. The highest BCUT2D eigenvalue weighted by Gasteiger charge is 2.40. The molecule has 2 atom stereocenters. The van der Waals surface area contributed by atoms with Gasteiger partial charge in [-0.25, -0.2) is 4.79 Å². The first kappa shape index (κ1) is 17.0. The first-order chi connectivity index (χ1) is 12.4. The first-order valence-corrected chi connectivity index (χ1v) is 9.05. The zero-order chi connectivity index (χ0) is 18.3. The minimum Gasteiger partial charge on any atom is -0.444 e. The standard InChI is InChI=1S/C21H24N2O3/c1-21(2,3)26-20(24)23-16-8-15(9-17(23)13-25-12-16)19-11-22-10-14-6-4-5-7-18(14)19/h4-8,10-11,16-17H,9,12-13H2,1-3H3. The van der Waals surface area contributed by atoms with Crippen LogP contribution < -0.4 is 0 Å². The molecule has 0 saturated carbocycles. The molecule has 4 rings (SSSR count). The van der Waals surface area contributed by atoms with Gasteiger partial charge in [-0.2, -0.15) is 0 Å². The quantitative estimate of drug-likeness (QED) is 0.778. The molecule has 2 aliphatic rings. The molecule has 0 aliphatic carbocycles. The van der Waals surface area contributed by atoms with Crippen LogP contribution in [0.5, 0.6) is 0 Å². The lowest BCUT2D eigenvalue weighted by molar-refractivity contribution is -0.0510. The molecule has 2 unspecified atom stereocenters. The maximum atomic E-state index is 12.7. The van der Waals surface area contributed by atoms with Crippen LogP contribution in [0.1, 0.15) is 32.8 Å². The van der Waals surface area contributed by atoms with Gasteiger partial charge in [-0.05, 0) is 38.2 Å². The number of rotatable bonds is 1. The summed E-state index contributed by atoms with van der Waals surface area (Å²) in [6.45, 7) is 6.71. The molecule has 2 aliphatic heterocycles. The Hall–Kier alpha value is -2.40. The van der Waals surface area contributed by atoms with Crippen molar-refractivity contribution >= 4 is 22.4 Å². The Balaban J connectivity index is 1.69. The van der Waals surface area contributed by atoms with Crippen LogP contribution in [0.3, 0.4) is 0 Å². The summed E-state index contributed by atoms with van der Waals surface area (Å²) >= 11 is 0. The first-order valence-electron chi connectivity index (χ1n) is 9.05. The van der Waals surface area contributed by atoms with Gasteiger partial charge in [0.25, 0.3) is 0 Å². The van der Waals surface area contributed by atoms with E-state index < -0.39 is 5.60 Å². The Bertz CT molecular complexity index is 864. The summed E-state index contributed by atoms with van der Waals surface area (Å²) in [5.41, 5.74) is 1.87. The molecule has 136 valence electrons. The van der Waals surface area contributed by atoms with E-state index in [1.165, 1.54) is 11.0 Å². The fourth-order valence-electron chi connectivity index (χ4n) is 3.77. The zero-order valence-corrected chi connectivity index (χ0v) is 15.4. The van der Waals surface area contributed by atoms with Crippen LogP contribution in [-0.4, -0.2) is 46.9 Å². The van der Waals surface area contributed by atoms with Crippen molar-refractivity contribution in [3.63, 3.8) is 0 Å². The molecule has 1 aromatic carbocycles. The van der Waals surface area contributed by atoms with E-state index in [0.717, 1.165) is 17.4 Å². The molecule has 2 aromatic rings. The van der Waals surface area contributed by atoms with Crippen molar-refractivity contribution in [2.24, 2.45) is 0 Å². The lowest BCUT2D eigenvalue weighted by atomic mass is 9.89. The van der Waals surface area contributed by atoms with Crippen molar-refractivity contribution in [2.75, 3.05) is 13.2 Å². The summed E-state index contributed by atoms with van der Waals surface area (Å²) < 4.78 is 11.3. The third-order valence-electron chi connectivity index (χ3n) is 4.82. The molecule has 5 nitrogen and oxygen atoms in total. The summed E-state index contributed by atoms with van der Waals surface area (Å²) in [4.78, 5) is 18.9. The maximum Gasteiger partial charge on any atom is 0.411 e. The molecular formula is C21H24N2O3. The highest BCUT2D eigenvalue weighted by molar-refractivity contribution is 5.93. The Morgan fingerprint density at radius 1 is 1.23 bits per heavy atom. The highest BCUT2D eigenvalue weighted by Crippen LogP contribution is 2.35. The summed E-state index contributed by atoms with van der Waals surface area (Å²) in [5.74, 6) is 0. The Labute approximate surface area is 153 Å². The van der Waals surface area contributed by atoms with Crippen molar-refractivity contribution < 1.29 is 14.3 Å². The van der Waals surface area contributed by atoms with Crippen molar-refractivity contribution in [1.82, 2.24) is 9.88 Å². The van der Waals surface area contributed by atoms with Gasteiger partial charge in [-0.15, -0.1) is 0 Å². The van der Waals surface area contributed by atoms with E-state index in [0.29, 0.717) is 13.2 Å². The molecule has 1 amide bonds. The van der Waals surface area contributed by atoms with Crippen LogP contribution in [0.15, 0.2) is 42.7 Å². The molecule has 26 heavy (non-hydrogen) atoms. The molecule has 1 aromatic heterocycles. The van der Waals surface area contributed by atoms with Crippen molar-refractivity contribution in [3.05, 3.63) is 48.3 Å². The minimum atomic E-state index is -0.504. The van der Waals surface area contributed by atoms with Crippen molar-refractivity contribution in [3.8, 4) is 0 Å². The van der Waals surface area contributed by atoms with E-state index in [1.807, 2.05) is 50.2 Å². The van der Waals surface area contributed by atoms with E-state index >= 15 is 0 Å². The number of carbonyl (C=O) groups excluding carboxylic acids is 1. The number of hydrogen-bond acceptors (Lipinski definition) is 4. The Morgan fingerprint density at radius 3 is 2.81 bits per heavy atom. The summed E-state index contributed by atoms with van der Waals surface area (Å²) in [7, 11) is 0. The number of nitrogens with zero attached hydrogens (tertiary/aromatic N) is 2. The minimum absolute atomic E-state index is 0.0115. The normalized spacial score (nSPS) is 22.9. The number of hydrogen-bond donors (Lipinski definition) is 0. The van der Waals surface area contributed by atoms with Crippen LogP contribution in [-0.2, 0) is 9.47 Å². The number of pyridine rings is 1. The smallest absolute Gasteiger partial charge is 0.411 e. The van der Waals surface area contributed by atoms with Crippen LogP contribution in [0.25, 0.3) is 16.3 Å². The summed E-state index contributed by atoms with van der Waals surface area (Å²) in [6, 6.07) is 8.15. The molecule has 1 saturated heterocycles. The molecule has 1 fully saturated rings. The van der Waals surface area contributed by atoms with Gasteiger partial charge >= 0.3 is 6.09 Å². The number of morpholine rings is 1. The second-order valence-corrected chi connectivity index (χ2v) is 7.95. The van der Waals surface area contributed by atoms with Gasteiger partial charge in [0.1, 0.15) is 5.60 Å². The molecule has 0 radical (unpaired) electrons. The van der Waals surface area contributed by atoms with E-state index in [4.69, 9.17) is 9.47 Å². The van der Waals surface area contributed by atoms with Crippen LogP contribution in [0.2, 0.25) is 0 Å². The SMILES string of the molecule is CC(C)(C)OC(=O)N1C2C=C(c3cncc4ccccc34)CC1COC2. The second kappa shape index (κ2) is 6.40. The third-order valence-corrected chi connectivity index (χ3v) is 4.82. The van der Waals surface area contributed by atoms with Gasteiger partial charge in [-0.3, -0.25) is 9.88 Å². The molecule has 0 N–H and O–H groups in total. The lowest BCUT2D eigenvalue weighted by Gasteiger charge is -2.44. The topological polar surface area (TPSA) is 51.7 Å². The number of benzene rings is 1. The number of carbonyl (C=O) groups is 1. The zero-order valence-electron chi connectivity index (χ0n) is 15.4. The van der Waals surface area contributed by atoms with Crippen LogP contribution in [0, 0.1) is 0 Å². The fourth-order valence-corrected chi connectivity index (χ4v) is 3.77. The molecule has 2 bridgehead atoms. The lowest BCUT2D eigenvalue weighted by Crippen LogP contribution is -2.57. The predicted molar refractivity (Wildman–Crippen MR) is 101 cm³/mol. The molecule has 5 heteroatoms. The van der Waals surface area contributed by atoms with Crippen LogP contribution >= 0.6 is 0 Å². The molecular weight excluding hydrogens is 328 g/mol.